The Morgan fingerprint density at radius 2 is 1.78 bits per heavy atom. The zero-order chi connectivity index (χ0) is 26.0. The third-order valence-corrected chi connectivity index (χ3v) is 6.62. The number of hydrogen-bond donors (Lipinski definition) is 1. The third-order valence-electron chi connectivity index (χ3n) is 6.62. The normalized spacial score (nSPS) is 19.2. The van der Waals surface area contributed by atoms with Crippen LogP contribution in [0.3, 0.4) is 0 Å². The van der Waals surface area contributed by atoms with Crippen molar-refractivity contribution in [1.29, 1.82) is 0 Å². The lowest BCUT2D eigenvalue weighted by Crippen LogP contribution is -2.32. The monoisotopic (exact) mass is 516 g/mol. The van der Waals surface area contributed by atoms with Crippen molar-refractivity contribution in [2.24, 2.45) is 0 Å². The molecule has 1 aliphatic carbocycles. The van der Waals surface area contributed by atoms with Gasteiger partial charge in [0.2, 0.25) is 5.92 Å². The Kier molecular flexibility index (Phi) is 7.05. The van der Waals surface area contributed by atoms with Gasteiger partial charge in [0.25, 0.3) is 5.91 Å². The summed E-state index contributed by atoms with van der Waals surface area (Å²) in [6.07, 6.45) is 4.46. The molecule has 2 fully saturated rings. The number of carbonyl (C=O) groups is 1. The lowest BCUT2D eigenvalue weighted by molar-refractivity contribution is -0.0734. The van der Waals surface area contributed by atoms with Gasteiger partial charge in [0, 0.05) is 61.5 Å². The molecule has 0 radical (unpaired) electrons. The maximum Gasteiger partial charge on any atom is 0.316 e. The highest BCUT2D eigenvalue weighted by Gasteiger charge is 2.37. The Morgan fingerprint density at radius 3 is 2.46 bits per heavy atom. The van der Waals surface area contributed by atoms with E-state index in [0.29, 0.717) is 18.9 Å². The van der Waals surface area contributed by atoms with Gasteiger partial charge in [-0.05, 0) is 37.1 Å². The zero-order valence-corrected chi connectivity index (χ0v) is 19.7. The molecule has 1 aromatic carbocycles. The molecule has 0 spiro atoms. The van der Waals surface area contributed by atoms with Crippen molar-refractivity contribution < 1.29 is 31.8 Å². The second-order valence-corrected chi connectivity index (χ2v) is 9.17. The third kappa shape index (κ3) is 5.71. The smallest absolute Gasteiger partial charge is 0.316 e. The van der Waals surface area contributed by atoms with E-state index in [-0.39, 0.29) is 60.2 Å². The average molecular weight is 516 g/mol. The van der Waals surface area contributed by atoms with Gasteiger partial charge in [-0.2, -0.15) is 0 Å². The molecule has 3 aromatic rings. The standard InChI is InChI=1S/C26H24F4N4O3/c27-17-1-2-21(28)20(11-17)19-5-9-31-22(15-3-7-26(29,30)8-4-15)23(19)34-24(35)16-12-32-25(33-13-16)37-14-18-6-10-36-18/h1-2,5,9,11-13,15,18H,3-4,6-8,10,14H2,(H,34,35). The SMILES string of the molecule is O=C(Nc1c(-c2cc(F)ccc2F)ccnc1C1CCC(F)(F)CC1)c1cnc(OCC2CCO2)nc1. The molecule has 1 amide bonds. The number of anilines is 1. The molecular weight excluding hydrogens is 492 g/mol. The van der Waals surface area contributed by atoms with E-state index in [2.05, 4.69) is 20.3 Å². The van der Waals surface area contributed by atoms with Gasteiger partial charge < -0.3 is 14.8 Å². The molecule has 194 valence electrons. The van der Waals surface area contributed by atoms with Crippen LogP contribution < -0.4 is 10.1 Å². The molecular formula is C26H24F4N4O3. The molecule has 5 rings (SSSR count). The van der Waals surface area contributed by atoms with Crippen LogP contribution in [0.25, 0.3) is 11.1 Å². The summed E-state index contributed by atoms with van der Waals surface area (Å²) in [5.74, 6) is -5.15. The second kappa shape index (κ2) is 10.4. The highest BCUT2D eigenvalue weighted by Crippen LogP contribution is 2.44. The van der Waals surface area contributed by atoms with Crippen molar-refractivity contribution in [2.75, 3.05) is 18.5 Å². The number of rotatable bonds is 7. The van der Waals surface area contributed by atoms with Crippen molar-refractivity contribution in [2.45, 2.75) is 50.0 Å². The Balaban J connectivity index is 1.44. The molecule has 1 aliphatic heterocycles. The van der Waals surface area contributed by atoms with Crippen molar-refractivity contribution in [3.63, 3.8) is 0 Å². The fraction of sp³-hybridized carbons (Fsp3) is 0.385. The number of aromatic nitrogens is 3. The van der Waals surface area contributed by atoms with Gasteiger partial charge in [-0.3, -0.25) is 9.78 Å². The second-order valence-electron chi connectivity index (χ2n) is 9.17. The van der Waals surface area contributed by atoms with E-state index >= 15 is 0 Å². The van der Waals surface area contributed by atoms with Crippen LogP contribution in [0.15, 0.2) is 42.9 Å². The van der Waals surface area contributed by atoms with E-state index in [0.717, 1.165) is 24.6 Å². The molecule has 2 aliphatic rings. The van der Waals surface area contributed by atoms with Gasteiger partial charge in [-0.15, -0.1) is 0 Å². The average Bonchev–Trinajstić information content (AvgIpc) is 2.85. The quantitative estimate of drug-likeness (QED) is 0.416. The highest BCUT2D eigenvalue weighted by molar-refractivity contribution is 6.06. The van der Waals surface area contributed by atoms with E-state index in [1.807, 2.05) is 0 Å². The summed E-state index contributed by atoms with van der Waals surface area (Å²) < 4.78 is 67.1. The first-order chi connectivity index (χ1) is 17.8. The molecule has 1 unspecified atom stereocenters. The maximum absolute atomic E-state index is 14.7. The number of amides is 1. The Morgan fingerprint density at radius 1 is 1.05 bits per heavy atom. The van der Waals surface area contributed by atoms with E-state index in [4.69, 9.17) is 9.47 Å². The molecule has 2 aromatic heterocycles. The molecule has 1 atom stereocenters. The summed E-state index contributed by atoms with van der Waals surface area (Å²) in [7, 11) is 0. The van der Waals surface area contributed by atoms with Crippen LogP contribution in [0.2, 0.25) is 0 Å². The molecule has 37 heavy (non-hydrogen) atoms. The highest BCUT2D eigenvalue weighted by atomic mass is 19.3. The van der Waals surface area contributed by atoms with Gasteiger partial charge in [-0.25, -0.2) is 27.5 Å². The summed E-state index contributed by atoms with van der Waals surface area (Å²) >= 11 is 0. The number of hydrogen-bond acceptors (Lipinski definition) is 6. The molecule has 1 saturated carbocycles. The van der Waals surface area contributed by atoms with Crippen LogP contribution in [0, 0.1) is 11.6 Å². The summed E-state index contributed by atoms with van der Waals surface area (Å²) in [5.41, 5.74) is 0.663. The molecule has 11 heteroatoms. The number of carbonyl (C=O) groups excluding carboxylic acids is 1. The fourth-order valence-electron chi connectivity index (χ4n) is 4.44. The van der Waals surface area contributed by atoms with Crippen molar-refractivity contribution in [1.82, 2.24) is 15.0 Å². The van der Waals surface area contributed by atoms with Crippen LogP contribution in [-0.2, 0) is 4.74 Å². The Hall–Kier alpha value is -3.60. The van der Waals surface area contributed by atoms with Gasteiger partial charge in [0.15, 0.2) is 0 Å². The zero-order valence-electron chi connectivity index (χ0n) is 19.7. The summed E-state index contributed by atoms with van der Waals surface area (Å²) in [6, 6.07) is 4.52. The minimum Gasteiger partial charge on any atom is -0.461 e. The molecule has 1 saturated heterocycles. The lowest BCUT2D eigenvalue weighted by Gasteiger charge is -2.29. The number of pyridine rings is 1. The van der Waals surface area contributed by atoms with Crippen LogP contribution in [0.1, 0.15) is 54.1 Å². The van der Waals surface area contributed by atoms with Crippen LogP contribution in [-0.4, -0.2) is 46.1 Å². The molecule has 7 nitrogen and oxygen atoms in total. The number of nitrogens with zero attached hydrogens (tertiary/aromatic N) is 3. The van der Waals surface area contributed by atoms with Crippen molar-refractivity contribution >= 4 is 11.6 Å². The number of alkyl halides is 2. The van der Waals surface area contributed by atoms with Crippen LogP contribution in [0.5, 0.6) is 6.01 Å². The van der Waals surface area contributed by atoms with Gasteiger partial charge in [0.05, 0.1) is 23.0 Å². The van der Waals surface area contributed by atoms with E-state index in [9.17, 15) is 22.4 Å². The van der Waals surface area contributed by atoms with Crippen LogP contribution in [0.4, 0.5) is 23.2 Å². The largest absolute Gasteiger partial charge is 0.461 e. The van der Waals surface area contributed by atoms with Crippen molar-refractivity contribution in [3.05, 3.63) is 65.7 Å². The minimum absolute atomic E-state index is 0.00282. The lowest BCUT2D eigenvalue weighted by atomic mass is 9.83. The predicted octanol–water partition coefficient (Wildman–Crippen LogP) is 5.53. The molecule has 1 N–H and O–H groups in total. The van der Waals surface area contributed by atoms with Crippen LogP contribution >= 0.6 is 0 Å². The Labute approximate surface area is 210 Å². The fourth-order valence-corrected chi connectivity index (χ4v) is 4.44. The van der Waals surface area contributed by atoms with E-state index in [1.165, 1.54) is 24.7 Å². The Bertz CT molecular complexity index is 1280. The van der Waals surface area contributed by atoms with E-state index < -0.39 is 29.4 Å². The first kappa shape index (κ1) is 25.1. The molecule has 3 heterocycles. The van der Waals surface area contributed by atoms with Gasteiger partial charge in [-0.1, -0.05) is 0 Å². The summed E-state index contributed by atoms with van der Waals surface area (Å²) in [6.45, 7) is 0.989. The number of benzene rings is 1. The number of nitrogens with one attached hydrogen (secondary N) is 1. The first-order valence-corrected chi connectivity index (χ1v) is 12.0. The van der Waals surface area contributed by atoms with Crippen molar-refractivity contribution in [3.8, 4) is 17.1 Å². The minimum atomic E-state index is -2.77. The number of ether oxygens (including phenoxy) is 2. The topological polar surface area (TPSA) is 86.2 Å². The van der Waals surface area contributed by atoms with Gasteiger partial charge >= 0.3 is 6.01 Å². The predicted molar refractivity (Wildman–Crippen MR) is 126 cm³/mol. The van der Waals surface area contributed by atoms with Gasteiger partial charge in [0.1, 0.15) is 18.2 Å². The maximum atomic E-state index is 14.7. The number of halogens is 4. The summed E-state index contributed by atoms with van der Waals surface area (Å²) in [4.78, 5) is 25.6. The first-order valence-electron chi connectivity index (χ1n) is 12.0. The summed E-state index contributed by atoms with van der Waals surface area (Å²) in [5, 5.41) is 2.73. The molecule has 0 bridgehead atoms. The van der Waals surface area contributed by atoms with E-state index in [1.54, 1.807) is 0 Å².